The summed E-state index contributed by atoms with van der Waals surface area (Å²) in [6.45, 7) is 1.37. The van der Waals surface area contributed by atoms with E-state index in [-0.39, 0.29) is 0 Å². The monoisotopic (exact) mass is 204 g/mol. The first-order valence-electron chi connectivity index (χ1n) is 4.67. The van der Waals surface area contributed by atoms with E-state index in [1.165, 1.54) is 4.80 Å². The molecule has 2 aromatic heterocycles. The van der Waals surface area contributed by atoms with Crippen molar-refractivity contribution in [3.8, 4) is 0 Å². The normalized spacial score (nSPS) is 10.5. The number of aryl methyl sites for hydroxylation is 1. The van der Waals surface area contributed by atoms with Crippen molar-refractivity contribution in [2.24, 2.45) is 7.05 Å². The van der Waals surface area contributed by atoms with Gasteiger partial charge in [0.25, 0.3) is 0 Å². The van der Waals surface area contributed by atoms with Gasteiger partial charge in [-0.25, -0.2) is 0 Å². The quantitative estimate of drug-likeness (QED) is 0.753. The molecule has 0 amide bonds. The van der Waals surface area contributed by atoms with Crippen molar-refractivity contribution in [3.05, 3.63) is 35.9 Å². The van der Waals surface area contributed by atoms with E-state index >= 15 is 0 Å². The number of aromatic nitrogens is 5. The Morgan fingerprint density at radius 2 is 2.33 bits per heavy atom. The van der Waals surface area contributed by atoms with Crippen LogP contribution < -0.4 is 5.32 Å². The minimum Gasteiger partial charge on any atom is -0.306 e. The average Bonchev–Trinajstić information content (AvgIpc) is 2.66. The van der Waals surface area contributed by atoms with E-state index in [1.54, 1.807) is 13.2 Å². The van der Waals surface area contributed by atoms with Crippen molar-refractivity contribution in [2.75, 3.05) is 0 Å². The molecular weight excluding hydrogens is 192 g/mol. The first-order chi connectivity index (χ1) is 7.34. The molecule has 0 unspecified atom stereocenters. The number of tetrazole rings is 1. The molecule has 0 bridgehead atoms. The fourth-order valence-corrected chi connectivity index (χ4v) is 1.22. The van der Waals surface area contributed by atoms with Crippen molar-refractivity contribution in [1.29, 1.82) is 0 Å². The summed E-state index contributed by atoms with van der Waals surface area (Å²) in [5, 5.41) is 14.9. The zero-order valence-electron chi connectivity index (χ0n) is 8.46. The van der Waals surface area contributed by atoms with E-state index in [0.717, 1.165) is 12.1 Å². The molecule has 2 aromatic rings. The van der Waals surface area contributed by atoms with Gasteiger partial charge < -0.3 is 5.32 Å². The molecule has 15 heavy (non-hydrogen) atoms. The van der Waals surface area contributed by atoms with Crippen LogP contribution >= 0.6 is 0 Å². The number of rotatable bonds is 4. The lowest BCUT2D eigenvalue weighted by Crippen LogP contribution is -2.14. The van der Waals surface area contributed by atoms with Crippen molar-refractivity contribution in [2.45, 2.75) is 13.1 Å². The highest BCUT2D eigenvalue weighted by Crippen LogP contribution is 1.94. The lowest BCUT2D eigenvalue weighted by atomic mass is 10.3. The molecule has 0 aliphatic heterocycles. The Bertz CT molecular complexity index is 410. The predicted octanol–water partition coefficient (Wildman–Crippen LogP) is -0.105. The largest absolute Gasteiger partial charge is 0.306 e. The summed E-state index contributed by atoms with van der Waals surface area (Å²) < 4.78 is 0. The van der Waals surface area contributed by atoms with Gasteiger partial charge in [0.2, 0.25) is 0 Å². The minimum atomic E-state index is 0.614. The van der Waals surface area contributed by atoms with Crippen LogP contribution in [0.15, 0.2) is 24.5 Å². The van der Waals surface area contributed by atoms with Crippen LogP contribution in [-0.4, -0.2) is 25.2 Å². The van der Waals surface area contributed by atoms with Gasteiger partial charge in [0.05, 0.1) is 13.6 Å². The number of hydrogen-bond acceptors (Lipinski definition) is 5. The average molecular weight is 204 g/mol. The van der Waals surface area contributed by atoms with E-state index in [9.17, 15) is 0 Å². The Morgan fingerprint density at radius 3 is 3.00 bits per heavy atom. The van der Waals surface area contributed by atoms with Gasteiger partial charge in [-0.1, -0.05) is 6.07 Å². The molecule has 78 valence electrons. The molecule has 0 radical (unpaired) electrons. The van der Waals surface area contributed by atoms with Crippen LogP contribution in [0.25, 0.3) is 0 Å². The van der Waals surface area contributed by atoms with Crippen molar-refractivity contribution >= 4 is 0 Å². The molecule has 1 N–H and O–H groups in total. The highest BCUT2D eigenvalue weighted by atomic mass is 15.6. The van der Waals surface area contributed by atoms with Crippen LogP contribution in [-0.2, 0) is 20.1 Å². The van der Waals surface area contributed by atoms with Crippen molar-refractivity contribution in [1.82, 2.24) is 30.5 Å². The maximum absolute atomic E-state index is 4.06. The van der Waals surface area contributed by atoms with Crippen LogP contribution in [0, 0.1) is 0 Å². The molecule has 6 nitrogen and oxygen atoms in total. The Morgan fingerprint density at radius 1 is 1.40 bits per heavy atom. The van der Waals surface area contributed by atoms with Gasteiger partial charge in [-0.3, -0.25) is 4.98 Å². The SMILES string of the molecule is Cn1nnc(CNCc2cccnc2)n1. The van der Waals surface area contributed by atoms with Crippen LogP contribution in [0.4, 0.5) is 0 Å². The third-order valence-electron chi connectivity index (χ3n) is 1.88. The maximum atomic E-state index is 4.06. The third kappa shape index (κ3) is 2.81. The van der Waals surface area contributed by atoms with Crippen LogP contribution in [0.1, 0.15) is 11.4 Å². The maximum Gasteiger partial charge on any atom is 0.188 e. The Labute approximate surface area is 87.3 Å². The number of pyridine rings is 1. The Balaban J connectivity index is 1.80. The summed E-state index contributed by atoms with van der Waals surface area (Å²) in [7, 11) is 1.75. The molecule has 2 rings (SSSR count). The van der Waals surface area contributed by atoms with E-state index in [1.807, 2.05) is 18.3 Å². The first-order valence-corrected chi connectivity index (χ1v) is 4.67. The topological polar surface area (TPSA) is 68.5 Å². The van der Waals surface area contributed by atoms with Gasteiger partial charge in [0.15, 0.2) is 5.82 Å². The second kappa shape index (κ2) is 4.61. The zero-order chi connectivity index (χ0) is 10.5. The highest BCUT2D eigenvalue weighted by molar-refractivity contribution is 5.07. The van der Waals surface area contributed by atoms with Crippen molar-refractivity contribution in [3.63, 3.8) is 0 Å². The molecule has 0 spiro atoms. The molecule has 0 fully saturated rings. The summed E-state index contributed by atoms with van der Waals surface area (Å²) in [5.41, 5.74) is 1.14. The number of nitrogens with one attached hydrogen (secondary N) is 1. The summed E-state index contributed by atoms with van der Waals surface area (Å²) in [4.78, 5) is 5.47. The van der Waals surface area contributed by atoms with Gasteiger partial charge in [0.1, 0.15) is 0 Å². The van der Waals surface area contributed by atoms with Gasteiger partial charge in [-0.15, -0.1) is 10.2 Å². The Hall–Kier alpha value is -1.82. The van der Waals surface area contributed by atoms with E-state index in [4.69, 9.17) is 0 Å². The smallest absolute Gasteiger partial charge is 0.188 e. The molecule has 6 heteroatoms. The second-order valence-corrected chi connectivity index (χ2v) is 3.16. The number of hydrogen-bond donors (Lipinski definition) is 1. The van der Waals surface area contributed by atoms with E-state index in [2.05, 4.69) is 25.7 Å². The van der Waals surface area contributed by atoms with Gasteiger partial charge >= 0.3 is 0 Å². The lowest BCUT2D eigenvalue weighted by molar-refractivity contribution is 0.619. The van der Waals surface area contributed by atoms with Crippen LogP contribution in [0.3, 0.4) is 0 Å². The summed E-state index contributed by atoms with van der Waals surface area (Å²) in [6, 6.07) is 3.93. The highest BCUT2D eigenvalue weighted by Gasteiger charge is 1.99. The Kier molecular flexibility index (Phi) is 2.99. The molecule has 0 aromatic carbocycles. The molecule has 0 aliphatic rings. The van der Waals surface area contributed by atoms with Gasteiger partial charge in [0, 0.05) is 18.9 Å². The number of nitrogens with zero attached hydrogens (tertiary/aromatic N) is 5. The zero-order valence-corrected chi connectivity index (χ0v) is 8.46. The second-order valence-electron chi connectivity index (χ2n) is 3.16. The predicted molar refractivity (Wildman–Crippen MR) is 53.6 cm³/mol. The summed E-state index contributed by atoms with van der Waals surface area (Å²) >= 11 is 0. The molecule has 0 atom stereocenters. The molecule has 0 aliphatic carbocycles. The van der Waals surface area contributed by atoms with Crippen molar-refractivity contribution < 1.29 is 0 Å². The van der Waals surface area contributed by atoms with Crippen LogP contribution in [0.2, 0.25) is 0 Å². The lowest BCUT2D eigenvalue weighted by Gasteiger charge is -2.00. The van der Waals surface area contributed by atoms with E-state index in [0.29, 0.717) is 12.4 Å². The third-order valence-corrected chi connectivity index (χ3v) is 1.88. The summed E-state index contributed by atoms with van der Waals surface area (Å²) in [5.74, 6) is 0.696. The molecule has 0 saturated heterocycles. The molecule has 2 heterocycles. The van der Waals surface area contributed by atoms with Gasteiger partial charge in [-0.05, 0) is 16.8 Å². The first kappa shape index (κ1) is 9.72. The fraction of sp³-hybridized carbons (Fsp3) is 0.333. The van der Waals surface area contributed by atoms with E-state index < -0.39 is 0 Å². The summed E-state index contributed by atoms with van der Waals surface area (Å²) in [6.07, 6.45) is 3.59. The fourth-order valence-electron chi connectivity index (χ4n) is 1.22. The van der Waals surface area contributed by atoms with Gasteiger partial charge in [-0.2, -0.15) is 4.80 Å². The molecule has 0 saturated carbocycles. The minimum absolute atomic E-state index is 0.614. The standard InChI is InChI=1S/C9H12N6/c1-15-13-9(12-14-15)7-11-6-8-3-2-4-10-5-8/h2-5,11H,6-7H2,1H3. The van der Waals surface area contributed by atoms with Crippen LogP contribution in [0.5, 0.6) is 0 Å². The molecular formula is C9H12N6.